The first-order valence-electron chi connectivity index (χ1n) is 9.19. The van der Waals surface area contributed by atoms with Crippen LogP contribution < -0.4 is 10.0 Å². The van der Waals surface area contributed by atoms with Crippen molar-refractivity contribution in [3.8, 4) is 0 Å². The standard InChI is InChI=1S/C19H17ClF3N3O5S/c1-10-2-5-13(32(29,30)26-12-3-4-12)7-14(10)18(28)31-9-16(27)25-17-15(20)6-11(8-24-17)19(21,22)23/h2,5-8,12,26H,3-4,9H2,1H3,(H,24,25,27). The maximum atomic E-state index is 12.6. The number of anilines is 1. The molecule has 0 saturated heterocycles. The van der Waals surface area contributed by atoms with Crippen LogP contribution >= 0.6 is 11.6 Å². The van der Waals surface area contributed by atoms with Gasteiger partial charge in [0.1, 0.15) is 0 Å². The summed E-state index contributed by atoms with van der Waals surface area (Å²) in [4.78, 5) is 27.7. The van der Waals surface area contributed by atoms with E-state index in [-0.39, 0.29) is 22.3 Å². The van der Waals surface area contributed by atoms with Crippen LogP contribution in [0.1, 0.15) is 34.3 Å². The van der Waals surface area contributed by atoms with E-state index in [9.17, 15) is 31.2 Å². The number of nitrogens with one attached hydrogen (secondary N) is 2. The van der Waals surface area contributed by atoms with Crippen molar-refractivity contribution >= 4 is 39.3 Å². The van der Waals surface area contributed by atoms with Crippen LogP contribution in [0.5, 0.6) is 0 Å². The van der Waals surface area contributed by atoms with Gasteiger partial charge in [0.15, 0.2) is 12.4 Å². The minimum absolute atomic E-state index is 0.0536. The minimum atomic E-state index is -4.65. The lowest BCUT2D eigenvalue weighted by atomic mass is 10.1. The summed E-state index contributed by atoms with van der Waals surface area (Å²) in [6.07, 6.45) is -2.67. The van der Waals surface area contributed by atoms with Crippen molar-refractivity contribution in [2.45, 2.75) is 36.9 Å². The molecular formula is C19H17ClF3N3O5S. The number of hydrogen-bond acceptors (Lipinski definition) is 6. The Balaban J connectivity index is 1.64. The summed E-state index contributed by atoms with van der Waals surface area (Å²) in [5, 5.41) is 1.69. The van der Waals surface area contributed by atoms with Crippen LogP contribution in [0.2, 0.25) is 5.02 Å². The van der Waals surface area contributed by atoms with Crippen molar-refractivity contribution in [1.29, 1.82) is 0 Å². The van der Waals surface area contributed by atoms with E-state index in [0.29, 0.717) is 17.8 Å². The van der Waals surface area contributed by atoms with Gasteiger partial charge in [-0.3, -0.25) is 4.79 Å². The molecule has 0 spiro atoms. The minimum Gasteiger partial charge on any atom is -0.452 e. The molecular weight excluding hydrogens is 475 g/mol. The van der Waals surface area contributed by atoms with Gasteiger partial charge in [-0.25, -0.2) is 22.9 Å². The Kier molecular flexibility index (Phi) is 6.77. The molecule has 2 N–H and O–H groups in total. The highest BCUT2D eigenvalue weighted by Gasteiger charge is 2.32. The zero-order valence-electron chi connectivity index (χ0n) is 16.5. The summed E-state index contributed by atoms with van der Waals surface area (Å²) in [5.74, 6) is -2.19. The molecule has 0 atom stereocenters. The van der Waals surface area contributed by atoms with Crippen LogP contribution in [0.3, 0.4) is 0 Å². The predicted octanol–water partition coefficient (Wildman–Crippen LogP) is 3.30. The molecule has 1 aliphatic rings. The van der Waals surface area contributed by atoms with Gasteiger partial charge in [0.05, 0.1) is 21.0 Å². The summed E-state index contributed by atoms with van der Waals surface area (Å²) < 4.78 is 70.0. The van der Waals surface area contributed by atoms with E-state index in [0.717, 1.165) is 18.9 Å². The number of aromatic nitrogens is 1. The fourth-order valence-electron chi connectivity index (χ4n) is 2.54. The first kappa shape index (κ1) is 24.0. The number of amides is 1. The van der Waals surface area contributed by atoms with E-state index in [1.165, 1.54) is 12.1 Å². The lowest BCUT2D eigenvalue weighted by Crippen LogP contribution is -2.26. The number of rotatable bonds is 7. The average Bonchev–Trinajstić information content (AvgIpc) is 3.50. The molecule has 13 heteroatoms. The van der Waals surface area contributed by atoms with Gasteiger partial charge in [-0.15, -0.1) is 0 Å². The summed E-state index contributed by atoms with van der Waals surface area (Å²) in [6, 6.07) is 4.41. The zero-order chi connectivity index (χ0) is 23.7. The van der Waals surface area contributed by atoms with Gasteiger partial charge in [0, 0.05) is 12.2 Å². The number of carbonyl (C=O) groups is 2. The second-order valence-electron chi connectivity index (χ2n) is 7.05. The molecule has 8 nitrogen and oxygen atoms in total. The highest BCUT2D eigenvalue weighted by molar-refractivity contribution is 7.89. The lowest BCUT2D eigenvalue weighted by Gasteiger charge is -2.11. The van der Waals surface area contributed by atoms with Crippen LogP contribution in [0.15, 0.2) is 35.4 Å². The van der Waals surface area contributed by atoms with E-state index in [1.54, 1.807) is 6.92 Å². The number of ether oxygens (including phenoxy) is 1. The fraction of sp³-hybridized carbons (Fsp3) is 0.316. The molecule has 0 aliphatic heterocycles. The predicted molar refractivity (Wildman–Crippen MR) is 108 cm³/mol. The number of halogens is 4. The monoisotopic (exact) mass is 491 g/mol. The maximum Gasteiger partial charge on any atom is 0.417 e. The number of carbonyl (C=O) groups excluding carboxylic acids is 2. The lowest BCUT2D eigenvalue weighted by molar-refractivity contribution is -0.137. The third-order valence-corrected chi connectivity index (χ3v) is 6.21. The third kappa shape index (κ3) is 5.96. The van der Waals surface area contributed by atoms with E-state index in [4.69, 9.17) is 16.3 Å². The summed E-state index contributed by atoms with van der Waals surface area (Å²) in [7, 11) is -3.80. The molecule has 0 radical (unpaired) electrons. The van der Waals surface area contributed by atoms with E-state index in [1.807, 2.05) is 0 Å². The Hall–Kier alpha value is -2.70. The molecule has 0 bridgehead atoms. The first-order chi connectivity index (χ1) is 14.9. The number of hydrogen-bond donors (Lipinski definition) is 2. The molecule has 1 aromatic carbocycles. The molecule has 1 aromatic heterocycles. The molecule has 1 saturated carbocycles. The molecule has 3 rings (SSSR count). The quantitative estimate of drug-likeness (QED) is 0.574. The van der Waals surface area contributed by atoms with Crippen molar-refractivity contribution in [3.05, 3.63) is 52.2 Å². The Morgan fingerprint density at radius 2 is 1.94 bits per heavy atom. The molecule has 1 amide bonds. The van der Waals surface area contributed by atoms with Crippen LogP contribution in [0, 0.1) is 6.92 Å². The van der Waals surface area contributed by atoms with Crippen molar-refractivity contribution in [1.82, 2.24) is 9.71 Å². The molecule has 0 unspecified atom stereocenters. The number of aryl methyl sites for hydroxylation is 1. The average molecular weight is 492 g/mol. The van der Waals surface area contributed by atoms with Crippen LogP contribution in [-0.2, 0) is 25.7 Å². The van der Waals surface area contributed by atoms with Gasteiger partial charge >= 0.3 is 12.1 Å². The number of benzene rings is 1. The van der Waals surface area contributed by atoms with E-state index < -0.39 is 45.3 Å². The Morgan fingerprint density at radius 1 is 1.25 bits per heavy atom. The fourth-order valence-corrected chi connectivity index (χ4v) is 4.08. The molecule has 2 aromatic rings. The highest BCUT2D eigenvalue weighted by Crippen LogP contribution is 2.32. The topological polar surface area (TPSA) is 114 Å². The molecule has 1 aliphatic carbocycles. The van der Waals surface area contributed by atoms with Gasteiger partial charge < -0.3 is 10.1 Å². The van der Waals surface area contributed by atoms with Crippen molar-refractivity contribution in [2.75, 3.05) is 11.9 Å². The summed E-state index contributed by atoms with van der Waals surface area (Å²) >= 11 is 5.71. The van der Waals surface area contributed by atoms with Crippen LogP contribution in [0.25, 0.3) is 0 Å². The molecule has 1 heterocycles. The second kappa shape index (κ2) is 9.04. The van der Waals surface area contributed by atoms with E-state index >= 15 is 0 Å². The SMILES string of the molecule is Cc1ccc(S(=O)(=O)NC2CC2)cc1C(=O)OCC(=O)Nc1ncc(C(F)(F)F)cc1Cl. The van der Waals surface area contributed by atoms with Gasteiger partial charge in [0.25, 0.3) is 5.91 Å². The number of alkyl halides is 3. The highest BCUT2D eigenvalue weighted by atomic mass is 35.5. The Labute approximate surface area is 186 Å². The first-order valence-corrected chi connectivity index (χ1v) is 11.1. The summed E-state index contributed by atoms with van der Waals surface area (Å²) in [5.41, 5.74) is -0.719. The van der Waals surface area contributed by atoms with Gasteiger partial charge in [-0.2, -0.15) is 13.2 Å². The molecule has 1 fully saturated rings. The van der Waals surface area contributed by atoms with Crippen LogP contribution in [0.4, 0.5) is 19.0 Å². The van der Waals surface area contributed by atoms with Crippen molar-refractivity contribution < 1.29 is 35.9 Å². The normalized spacial score (nSPS) is 14.2. The Morgan fingerprint density at radius 3 is 2.53 bits per heavy atom. The number of esters is 1. The maximum absolute atomic E-state index is 12.6. The largest absolute Gasteiger partial charge is 0.452 e. The van der Waals surface area contributed by atoms with Gasteiger partial charge in [-0.1, -0.05) is 17.7 Å². The summed E-state index contributed by atoms with van der Waals surface area (Å²) in [6.45, 7) is 0.766. The van der Waals surface area contributed by atoms with Crippen molar-refractivity contribution in [3.63, 3.8) is 0 Å². The smallest absolute Gasteiger partial charge is 0.417 e. The van der Waals surface area contributed by atoms with Crippen molar-refractivity contribution in [2.24, 2.45) is 0 Å². The van der Waals surface area contributed by atoms with Crippen LogP contribution in [-0.4, -0.2) is 37.9 Å². The number of pyridine rings is 1. The molecule has 172 valence electrons. The third-order valence-electron chi connectivity index (χ3n) is 4.40. The number of nitrogens with zero attached hydrogens (tertiary/aromatic N) is 1. The second-order valence-corrected chi connectivity index (χ2v) is 9.17. The van der Waals surface area contributed by atoms with Gasteiger partial charge in [0.2, 0.25) is 10.0 Å². The van der Waals surface area contributed by atoms with Gasteiger partial charge in [-0.05, 0) is 43.5 Å². The number of sulfonamides is 1. The van der Waals surface area contributed by atoms with E-state index in [2.05, 4.69) is 15.0 Å². The zero-order valence-corrected chi connectivity index (χ0v) is 18.1. The Bertz CT molecular complexity index is 1170. The molecule has 32 heavy (non-hydrogen) atoms.